The summed E-state index contributed by atoms with van der Waals surface area (Å²) < 4.78 is 1.78. The van der Waals surface area contributed by atoms with Crippen molar-refractivity contribution in [2.45, 2.75) is 6.42 Å². The van der Waals surface area contributed by atoms with Gasteiger partial charge in [0.25, 0.3) is 0 Å². The molecule has 0 aromatic carbocycles. The van der Waals surface area contributed by atoms with E-state index in [0.717, 1.165) is 7.57 Å². The quantitative estimate of drug-likeness (QED) is 0.752. The van der Waals surface area contributed by atoms with Crippen LogP contribution in [0.15, 0.2) is 13.6 Å². The van der Waals surface area contributed by atoms with E-state index in [1.807, 2.05) is 18.0 Å². The first-order chi connectivity index (χ1) is 7.54. The van der Waals surface area contributed by atoms with Crippen molar-refractivity contribution in [2.75, 3.05) is 20.1 Å². The Hall–Kier alpha value is -0.220. The summed E-state index contributed by atoms with van der Waals surface area (Å²) in [6.45, 7) is 0.953. The molecule has 1 rings (SSSR count). The average molecular weight is 366 g/mol. The fraction of sp³-hybridized carbons (Fsp3) is 0.400. The van der Waals surface area contributed by atoms with Gasteiger partial charge >= 0.3 is 0 Å². The lowest BCUT2D eigenvalue weighted by molar-refractivity contribution is 0.0947. The van der Waals surface area contributed by atoms with Crippen LogP contribution in [0.3, 0.4) is 0 Å². The molecule has 0 bridgehead atoms. The minimum absolute atomic E-state index is 0.0641. The number of hydrogen-bond acceptors (Lipinski definition) is 4. The molecule has 0 unspecified atom stereocenters. The van der Waals surface area contributed by atoms with Gasteiger partial charge in [-0.3, -0.25) is 9.69 Å². The highest BCUT2D eigenvalue weighted by atomic mass is 79.9. The van der Waals surface area contributed by atoms with E-state index in [1.165, 1.54) is 11.3 Å². The number of likely N-dealkylation sites (N-methyl/N-ethyl adjacent to an activating group) is 1. The Morgan fingerprint density at radius 2 is 2.31 bits per heavy atom. The van der Waals surface area contributed by atoms with Crippen molar-refractivity contribution in [2.24, 2.45) is 0 Å². The molecule has 86 valence electrons. The molecule has 0 atom stereocenters. The fourth-order valence-electron chi connectivity index (χ4n) is 1.18. The average Bonchev–Trinajstić information content (AvgIpc) is 2.54. The number of rotatable bonds is 5. The standard InChI is InChI=1S/C10H10Br2N2OS/c1-14(4-2-3-13)6-8(15)7-5-9(11)16-10(7)12/h5H,2,4,6H2,1H3. The zero-order valence-electron chi connectivity index (χ0n) is 8.67. The number of Topliss-reactive ketones (excluding diaryl/α,β-unsaturated/α-hetero) is 1. The number of carbonyl (C=O) groups is 1. The van der Waals surface area contributed by atoms with Crippen LogP contribution in [0.5, 0.6) is 0 Å². The number of ketones is 1. The zero-order chi connectivity index (χ0) is 12.1. The summed E-state index contributed by atoms with van der Waals surface area (Å²) in [5.74, 6) is 0.0641. The molecular formula is C10H10Br2N2OS. The number of halogens is 2. The molecule has 3 nitrogen and oxygen atoms in total. The summed E-state index contributed by atoms with van der Waals surface area (Å²) in [4.78, 5) is 13.7. The first-order valence-electron chi connectivity index (χ1n) is 4.58. The maximum atomic E-state index is 11.9. The third kappa shape index (κ3) is 3.98. The smallest absolute Gasteiger partial charge is 0.178 e. The van der Waals surface area contributed by atoms with Crippen molar-refractivity contribution in [1.82, 2.24) is 4.90 Å². The summed E-state index contributed by atoms with van der Waals surface area (Å²) in [6.07, 6.45) is 0.443. The van der Waals surface area contributed by atoms with E-state index in [9.17, 15) is 4.79 Å². The molecule has 0 aliphatic heterocycles. The number of hydrogen-bond donors (Lipinski definition) is 0. The van der Waals surface area contributed by atoms with Crippen LogP contribution < -0.4 is 0 Å². The molecule has 0 spiro atoms. The van der Waals surface area contributed by atoms with Gasteiger partial charge in [-0.25, -0.2) is 0 Å². The predicted octanol–water partition coefficient (Wildman–Crippen LogP) is 3.30. The Morgan fingerprint density at radius 1 is 1.62 bits per heavy atom. The Morgan fingerprint density at radius 3 is 2.81 bits per heavy atom. The van der Waals surface area contributed by atoms with Crippen LogP contribution in [-0.2, 0) is 0 Å². The van der Waals surface area contributed by atoms with Crippen molar-refractivity contribution in [3.63, 3.8) is 0 Å². The van der Waals surface area contributed by atoms with E-state index in [2.05, 4.69) is 37.9 Å². The molecule has 16 heavy (non-hydrogen) atoms. The van der Waals surface area contributed by atoms with Gasteiger partial charge in [-0.15, -0.1) is 11.3 Å². The van der Waals surface area contributed by atoms with Gasteiger partial charge < -0.3 is 0 Å². The van der Waals surface area contributed by atoms with Crippen LogP contribution in [0.1, 0.15) is 16.8 Å². The van der Waals surface area contributed by atoms with E-state index in [4.69, 9.17) is 5.26 Å². The molecule has 0 fully saturated rings. The highest BCUT2D eigenvalue weighted by molar-refractivity contribution is 9.12. The molecule has 6 heteroatoms. The normalized spacial score (nSPS) is 10.4. The van der Waals surface area contributed by atoms with Crippen molar-refractivity contribution >= 4 is 49.0 Å². The van der Waals surface area contributed by atoms with Crippen molar-refractivity contribution in [1.29, 1.82) is 5.26 Å². The third-order valence-corrected chi connectivity index (χ3v) is 4.32. The maximum absolute atomic E-state index is 11.9. The van der Waals surface area contributed by atoms with Gasteiger partial charge in [0.05, 0.1) is 20.2 Å². The number of thiophene rings is 1. The van der Waals surface area contributed by atoms with Crippen LogP contribution in [0.4, 0.5) is 0 Å². The molecule has 0 saturated heterocycles. The van der Waals surface area contributed by atoms with Crippen LogP contribution >= 0.6 is 43.2 Å². The molecule has 0 radical (unpaired) electrons. The molecule has 0 aliphatic rings. The SMILES string of the molecule is CN(CCC#N)CC(=O)c1cc(Br)sc1Br. The summed E-state index contributed by atoms with van der Waals surface area (Å²) in [5.41, 5.74) is 0.695. The summed E-state index contributed by atoms with van der Waals surface area (Å²) in [7, 11) is 1.84. The second-order valence-electron chi connectivity index (χ2n) is 3.31. The Labute approximate surface area is 115 Å². The second-order valence-corrected chi connectivity index (χ2v) is 7.06. The van der Waals surface area contributed by atoms with Crippen LogP contribution in [-0.4, -0.2) is 30.8 Å². The largest absolute Gasteiger partial charge is 0.298 e. The number of nitrogens with zero attached hydrogens (tertiary/aromatic N) is 2. The first-order valence-corrected chi connectivity index (χ1v) is 6.98. The minimum Gasteiger partial charge on any atom is -0.298 e. The van der Waals surface area contributed by atoms with E-state index in [1.54, 1.807) is 0 Å². The van der Waals surface area contributed by atoms with Gasteiger partial charge in [0, 0.05) is 18.5 Å². The number of carbonyl (C=O) groups excluding carboxylic acids is 1. The van der Waals surface area contributed by atoms with Crippen molar-refractivity contribution in [3.8, 4) is 6.07 Å². The summed E-state index contributed by atoms with van der Waals surface area (Å²) in [5, 5.41) is 8.44. The highest BCUT2D eigenvalue weighted by Gasteiger charge is 2.15. The van der Waals surface area contributed by atoms with Crippen molar-refractivity contribution < 1.29 is 4.79 Å². The van der Waals surface area contributed by atoms with Gasteiger partial charge in [-0.05, 0) is 45.0 Å². The Balaban J connectivity index is 2.59. The summed E-state index contributed by atoms with van der Waals surface area (Å²) >= 11 is 8.18. The fourth-order valence-corrected chi connectivity index (χ4v) is 4.04. The summed E-state index contributed by atoms with van der Waals surface area (Å²) in [6, 6.07) is 3.87. The lowest BCUT2D eigenvalue weighted by Gasteiger charge is -2.12. The topological polar surface area (TPSA) is 44.1 Å². The molecule has 1 aromatic heterocycles. The molecule has 0 aliphatic carbocycles. The van der Waals surface area contributed by atoms with Crippen LogP contribution in [0, 0.1) is 11.3 Å². The zero-order valence-corrected chi connectivity index (χ0v) is 12.7. The molecule has 1 aromatic rings. The monoisotopic (exact) mass is 364 g/mol. The van der Waals surface area contributed by atoms with Crippen LogP contribution in [0.25, 0.3) is 0 Å². The lowest BCUT2D eigenvalue weighted by Crippen LogP contribution is -2.26. The van der Waals surface area contributed by atoms with Gasteiger partial charge in [-0.2, -0.15) is 5.26 Å². The second kappa shape index (κ2) is 6.50. The molecule has 0 N–H and O–H groups in total. The Bertz CT molecular complexity index is 425. The molecular weight excluding hydrogens is 356 g/mol. The Kier molecular flexibility index (Phi) is 5.62. The van der Waals surface area contributed by atoms with E-state index < -0.39 is 0 Å². The van der Waals surface area contributed by atoms with E-state index >= 15 is 0 Å². The maximum Gasteiger partial charge on any atom is 0.178 e. The third-order valence-electron chi connectivity index (χ3n) is 1.98. The van der Waals surface area contributed by atoms with E-state index in [-0.39, 0.29) is 5.78 Å². The first kappa shape index (κ1) is 13.8. The molecule has 0 amide bonds. The number of nitriles is 1. The predicted molar refractivity (Wildman–Crippen MR) is 71.8 cm³/mol. The molecule has 1 heterocycles. The van der Waals surface area contributed by atoms with Gasteiger partial charge in [0.2, 0.25) is 0 Å². The van der Waals surface area contributed by atoms with Gasteiger partial charge in [0.15, 0.2) is 5.78 Å². The highest BCUT2D eigenvalue weighted by Crippen LogP contribution is 2.32. The van der Waals surface area contributed by atoms with Crippen molar-refractivity contribution in [3.05, 3.63) is 19.2 Å². The lowest BCUT2D eigenvalue weighted by atomic mass is 10.2. The van der Waals surface area contributed by atoms with Gasteiger partial charge in [0.1, 0.15) is 0 Å². The van der Waals surface area contributed by atoms with E-state index in [0.29, 0.717) is 25.1 Å². The minimum atomic E-state index is 0.0641. The van der Waals surface area contributed by atoms with Crippen LogP contribution in [0.2, 0.25) is 0 Å². The van der Waals surface area contributed by atoms with Gasteiger partial charge in [-0.1, -0.05) is 0 Å². The molecule has 0 saturated carbocycles.